The highest BCUT2D eigenvalue weighted by atomic mass is 35.5. The van der Waals surface area contributed by atoms with Crippen LogP contribution in [0.1, 0.15) is 12.0 Å². The maximum atomic E-state index is 11.7. The van der Waals surface area contributed by atoms with Crippen molar-refractivity contribution < 1.29 is 4.79 Å². The molecule has 4 nitrogen and oxygen atoms in total. The lowest BCUT2D eigenvalue weighted by Crippen LogP contribution is -2.35. The van der Waals surface area contributed by atoms with E-state index in [-0.39, 0.29) is 16.2 Å². The van der Waals surface area contributed by atoms with Crippen LogP contribution in [0.25, 0.3) is 0 Å². The maximum Gasteiger partial charge on any atom is 0.241 e. The van der Waals surface area contributed by atoms with Gasteiger partial charge in [-0.15, -0.1) is 6.58 Å². The summed E-state index contributed by atoms with van der Waals surface area (Å²) in [5, 5.41) is 3.05. The molecule has 0 aliphatic rings. The van der Waals surface area contributed by atoms with Crippen LogP contribution in [0.3, 0.4) is 0 Å². The SMILES string of the molecule is C=CCC(N)C(=O)Nc1c(C)cc(Cl)nc1Cl. The average Bonchev–Trinajstić information content (AvgIpc) is 2.23. The fourth-order valence-electron chi connectivity index (χ4n) is 1.25. The Morgan fingerprint density at radius 3 is 2.88 bits per heavy atom. The van der Waals surface area contributed by atoms with E-state index in [0.717, 1.165) is 5.56 Å². The van der Waals surface area contributed by atoms with E-state index in [1.165, 1.54) is 0 Å². The summed E-state index contributed by atoms with van der Waals surface area (Å²) in [4.78, 5) is 15.5. The Balaban J connectivity index is 2.88. The minimum absolute atomic E-state index is 0.147. The summed E-state index contributed by atoms with van der Waals surface area (Å²) < 4.78 is 0. The van der Waals surface area contributed by atoms with Crippen LogP contribution in [0.2, 0.25) is 10.3 Å². The van der Waals surface area contributed by atoms with Crippen LogP contribution in [0.5, 0.6) is 0 Å². The lowest BCUT2D eigenvalue weighted by Gasteiger charge is -2.13. The van der Waals surface area contributed by atoms with Gasteiger partial charge in [0.15, 0.2) is 5.15 Å². The normalized spacial score (nSPS) is 12.0. The number of anilines is 1. The van der Waals surface area contributed by atoms with Crippen molar-refractivity contribution in [2.24, 2.45) is 5.73 Å². The largest absolute Gasteiger partial charge is 0.322 e. The van der Waals surface area contributed by atoms with Crippen LogP contribution in [-0.2, 0) is 4.79 Å². The molecule has 0 spiro atoms. The predicted octanol–water partition coefficient (Wildman–Crippen LogP) is 2.54. The van der Waals surface area contributed by atoms with Crippen molar-refractivity contribution >= 4 is 34.8 Å². The van der Waals surface area contributed by atoms with Gasteiger partial charge in [0, 0.05) is 0 Å². The molecule has 17 heavy (non-hydrogen) atoms. The summed E-state index contributed by atoms with van der Waals surface area (Å²) in [5.74, 6) is -0.334. The van der Waals surface area contributed by atoms with E-state index < -0.39 is 6.04 Å². The molecule has 1 aromatic heterocycles. The Kier molecular flexibility index (Phi) is 4.93. The molecule has 0 aliphatic carbocycles. The Hall–Kier alpha value is -1.10. The second kappa shape index (κ2) is 6.00. The molecule has 0 aromatic carbocycles. The minimum Gasteiger partial charge on any atom is -0.322 e. The van der Waals surface area contributed by atoms with Gasteiger partial charge in [-0.2, -0.15) is 0 Å². The number of hydrogen-bond donors (Lipinski definition) is 2. The molecule has 0 saturated carbocycles. The molecule has 3 N–H and O–H groups in total. The second-order valence-corrected chi connectivity index (χ2v) is 4.29. The fraction of sp³-hybridized carbons (Fsp3) is 0.273. The molecule has 0 bridgehead atoms. The third kappa shape index (κ3) is 3.70. The molecule has 0 saturated heterocycles. The van der Waals surface area contributed by atoms with Gasteiger partial charge in [0.25, 0.3) is 0 Å². The molecule has 1 atom stereocenters. The maximum absolute atomic E-state index is 11.7. The zero-order valence-corrected chi connectivity index (χ0v) is 10.8. The van der Waals surface area contributed by atoms with Crippen LogP contribution < -0.4 is 11.1 Å². The lowest BCUT2D eigenvalue weighted by molar-refractivity contribution is -0.117. The molecule has 1 aromatic rings. The number of nitrogens with two attached hydrogens (primary N) is 1. The molecular formula is C11H13Cl2N3O. The summed E-state index contributed by atoms with van der Waals surface area (Å²) in [6, 6.07) is 0.959. The van der Waals surface area contributed by atoms with Crippen molar-refractivity contribution in [3.05, 3.63) is 34.6 Å². The van der Waals surface area contributed by atoms with Crippen molar-refractivity contribution in [2.75, 3.05) is 5.32 Å². The molecule has 1 heterocycles. The van der Waals surface area contributed by atoms with E-state index in [4.69, 9.17) is 28.9 Å². The topological polar surface area (TPSA) is 68.0 Å². The molecule has 92 valence electrons. The van der Waals surface area contributed by atoms with E-state index >= 15 is 0 Å². The number of carbonyl (C=O) groups excluding carboxylic acids is 1. The molecule has 1 amide bonds. The molecular weight excluding hydrogens is 261 g/mol. The van der Waals surface area contributed by atoms with Crippen LogP contribution in [0.15, 0.2) is 18.7 Å². The third-order valence-corrected chi connectivity index (χ3v) is 2.61. The molecule has 1 rings (SSSR count). The number of carbonyl (C=O) groups is 1. The number of amides is 1. The highest BCUT2D eigenvalue weighted by Gasteiger charge is 2.15. The van der Waals surface area contributed by atoms with Crippen molar-refractivity contribution in [1.29, 1.82) is 0 Å². The van der Waals surface area contributed by atoms with Crippen LogP contribution in [0.4, 0.5) is 5.69 Å². The first-order valence-electron chi connectivity index (χ1n) is 4.95. The van der Waals surface area contributed by atoms with E-state index in [2.05, 4.69) is 16.9 Å². The zero-order valence-electron chi connectivity index (χ0n) is 9.34. The first-order chi connectivity index (χ1) is 7.95. The monoisotopic (exact) mass is 273 g/mol. The zero-order chi connectivity index (χ0) is 13.0. The van der Waals surface area contributed by atoms with Crippen LogP contribution in [-0.4, -0.2) is 16.9 Å². The average molecular weight is 274 g/mol. The van der Waals surface area contributed by atoms with Gasteiger partial charge in [-0.1, -0.05) is 29.3 Å². The molecule has 0 aliphatic heterocycles. The van der Waals surface area contributed by atoms with Gasteiger partial charge in [0.2, 0.25) is 5.91 Å². The fourth-order valence-corrected chi connectivity index (χ4v) is 1.83. The number of aromatic nitrogens is 1. The predicted molar refractivity (Wildman–Crippen MR) is 70.4 cm³/mol. The molecule has 6 heteroatoms. The summed E-state index contributed by atoms with van der Waals surface area (Å²) in [6.07, 6.45) is 1.97. The Morgan fingerprint density at radius 2 is 2.35 bits per heavy atom. The van der Waals surface area contributed by atoms with Gasteiger partial charge in [-0.25, -0.2) is 4.98 Å². The lowest BCUT2D eigenvalue weighted by atomic mass is 10.2. The first kappa shape index (κ1) is 14.0. The number of halogens is 2. The van der Waals surface area contributed by atoms with Gasteiger partial charge < -0.3 is 11.1 Å². The van der Waals surface area contributed by atoms with E-state index in [1.54, 1.807) is 19.1 Å². The number of rotatable bonds is 4. The van der Waals surface area contributed by atoms with Gasteiger partial charge in [0.05, 0.1) is 11.7 Å². The molecule has 1 unspecified atom stereocenters. The first-order valence-corrected chi connectivity index (χ1v) is 5.71. The summed E-state index contributed by atoms with van der Waals surface area (Å²) in [5.41, 5.74) is 6.79. The molecule has 0 fully saturated rings. The molecule has 0 radical (unpaired) electrons. The minimum atomic E-state index is -0.654. The van der Waals surface area contributed by atoms with Gasteiger partial charge in [-0.3, -0.25) is 4.79 Å². The number of nitrogens with zero attached hydrogens (tertiary/aromatic N) is 1. The van der Waals surface area contributed by atoms with E-state index in [9.17, 15) is 4.79 Å². The van der Waals surface area contributed by atoms with Crippen molar-refractivity contribution in [3.8, 4) is 0 Å². The number of aryl methyl sites for hydroxylation is 1. The third-order valence-electron chi connectivity index (χ3n) is 2.15. The summed E-state index contributed by atoms with van der Waals surface area (Å²) in [6.45, 7) is 5.29. The highest BCUT2D eigenvalue weighted by molar-refractivity contribution is 6.34. The van der Waals surface area contributed by atoms with Crippen LogP contribution >= 0.6 is 23.2 Å². The number of hydrogen-bond acceptors (Lipinski definition) is 3. The van der Waals surface area contributed by atoms with Gasteiger partial charge in [0.1, 0.15) is 5.15 Å². The quantitative estimate of drug-likeness (QED) is 0.655. The van der Waals surface area contributed by atoms with Gasteiger partial charge >= 0.3 is 0 Å². The smallest absolute Gasteiger partial charge is 0.241 e. The van der Waals surface area contributed by atoms with Crippen molar-refractivity contribution in [2.45, 2.75) is 19.4 Å². The highest BCUT2D eigenvalue weighted by Crippen LogP contribution is 2.26. The van der Waals surface area contributed by atoms with Crippen molar-refractivity contribution in [3.63, 3.8) is 0 Å². The summed E-state index contributed by atoms with van der Waals surface area (Å²) in [7, 11) is 0. The Labute approximate surface area is 110 Å². The Morgan fingerprint density at radius 1 is 1.71 bits per heavy atom. The second-order valence-electron chi connectivity index (χ2n) is 3.55. The Bertz CT molecular complexity index is 425. The summed E-state index contributed by atoms with van der Waals surface area (Å²) >= 11 is 11.6. The van der Waals surface area contributed by atoms with Gasteiger partial charge in [-0.05, 0) is 25.0 Å². The van der Waals surface area contributed by atoms with Crippen LogP contribution in [0, 0.1) is 6.92 Å². The number of pyridine rings is 1. The number of nitrogens with one attached hydrogen (secondary N) is 1. The van der Waals surface area contributed by atoms with E-state index in [0.29, 0.717) is 12.1 Å². The van der Waals surface area contributed by atoms with Crippen molar-refractivity contribution in [1.82, 2.24) is 4.98 Å². The van der Waals surface area contributed by atoms with E-state index in [1.807, 2.05) is 0 Å². The standard InChI is InChI=1S/C11H13Cl2N3O/c1-3-4-7(14)11(17)16-9-6(2)5-8(12)15-10(9)13/h3,5,7H,1,4,14H2,2H3,(H,16,17).